The van der Waals surface area contributed by atoms with Gasteiger partial charge in [-0.05, 0) is 38.1 Å². The van der Waals surface area contributed by atoms with Crippen LogP contribution in [0.25, 0.3) is 0 Å². The summed E-state index contributed by atoms with van der Waals surface area (Å²) >= 11 is 0. The third-order valence-corrected chi connectivity index (χ3v) is 5.21. The number of nitrogens with one attached hydrogen (secondary N) is 3. The summed E-state index contributed by atoms with van der Waals surface area (Å²) in [6.45, 7) is 4.81. The number of hydrogen-bond acceptors (Lipinski definition) is 9. The molecule has 0 fully saturated rings. The minimum Gasteiger partial charge on any atom is -0.465 e. The van der Waals surface area contributed by atoms with Crippen molar-refractivity contribution in [3.63, 3.8) is 0 Å². The summed E-state index contributed by atoms with van der Waals surface area (Å²) in [5.41, 5.74) is 3.44. The SMILES string of the molecule is COC(=O)c1c(Nc2ccccc2)n[nH]c1C.COC(=O)c1c(Nc2ccccc2)nn(C(C)=O)c1C. The number of esters is 2. The van der Waals surface area contributed by atoms with Crippen LogP contribution in [0.5, 0.6) is 0 Å². The molecule has 192 valence electrons. The lowest BCUT2D eigenvalue weighted by atomic mass is 10.2. The van der Waals surface area contributed by atoms with E-state index in [1.54, 1.807) is 13.8 Å². The van der Waals surface area contributed by atoms with Crippen molar-refractivity contribution in [3.05, 3.63) is 83.2 Å². The Labute approximate surface area is 213 Å². The highest BCUT2D eigenvalue weighted by Gasteiger charge is 2.23. The molecule has 0 aliphatic heterocycles. The normalized spacial score (nSPS) is 10.1. The molecule has 37 heavy (non-hydrogen) atoms. The van der Waals surface area contributed by atoms with Crippen molar-refractivity contribution in [2.24, 2.45) is 0 Å². The van der Waals surface area contributed by atoms with Crippen LogP contribution in [-0.4, -0.2) is 52.0 Å². The van der Waals surface area contributed by atoms with E-state index in [0.29, 0.717) is 28.6 Å². The van der Waals surface area contributed by atoms with Crippen molar-refractivity contribution in [1.29, 1.82) is 0 Å². The zero-order chi connectivity index (χ0) is 26.9. The zero-order valence-corrected chi connectivity index (χ0v) is 21.2. The fourth-order valence-electron chi connectivity index (χ4n) is 3.43. The first-order chi connectivity index (χ1) is 17.8. The summed E-state index contributed by atoms with van der Waals surface area (Å²) < 4.78 is 10.6. The standard InChI is InChI=1S/C14H15N3O3.C12H13N3O2/c1-9-12(14(19)20-3)13(16-17(9)10(2)18)15-11-7-5-4-6-8-11;1-8-10(12(16)17-2)11(15-14-8)13-9-6-4-3-5-7-9/h4-8H,1-3H3,(H,15,16);3-7H,1-2H3,(H2,13,14,15). The number of carbonyl (C=O) groups is 3. The van der Waals surface area contributed by atoms with Crippen molar-refractivity contribution in [2.75, 3.05) is 24.9 Å². The highest BCUT2D eigenvalue weighted by molar-refractivity contribution is 5.98. The molecule has 0 bridgehead atoms. The van der Waals surface area contributed by atoms with Crippen LogP contribution in [0, 0.1) is 13.8 Å². The number of aryl methyl sites for hydroxylation is 1. The molecule has 4 rings (SSSR count). The van der Waals surface area contributed by atoms with Crippen molar-refractivity contribution in [3.8, 4) is 0 Å². The number of benzene rings is 2. The van der Waals surface area contributed by atoms with Gasteiger partial charge in [-0.3, -0.25) is 9.89 Å². The number of aromatic amines is 1. The number of hydrogen-bond donors (Lipinski definition) is 3. The van der Waals surface area contributed by atoms with Gasteiger partial charge in [0, 0.05) is 24.0 Å². The van der Waals surface area contributed by atoms with E-state index >= 15 is 0 Å². The maximum absolute atomic E-state index is 11.9. The summed E-state index contributed by atoms with van der Waals surface area (Å²) in [7, 11) is 2.64. The van der Waals surface area contributed by atoms with Gasteiger partial charge in [-0.2, -0.15) is 5.10 Å². The molecule has 0 aliphatic carbocycles. The number of methoxy groups -OCH3 is 2. The third-order valence-electron chi connectivity index (χ3n) is 5.21. The number of carbonyl (C=O) groups excluding carboxylic acids is 3. The van der Waals surface area contributed by atoms with Gasteiger partial charge in [0.05, 0.1) is 19.9 Å². The van der Waals surface area contributed by atoms with Gasteiger partial charge in [-0.15, -0.1) is 5.10 Å². The lowest BCUT2D eigenvalue weighted by Crippen LogP contribution is -2.11. The number of rotatable bonds is 6. The summed E-state index contributed by atoms with van der Waals surface area (Å²) in [5, 5.41) is 17.0. The van der Waals surface area contributed by atoms with Gasteiger partial charge in [-0.1, -0.05) is 36.4 Å². The minimum atomic E-state index is -0.534. The van der Waals surface area contributed by atoms with Crippen LogP contribution in [0.3, 0.4) is 0 Å². The second-order valence-electron chi connectivity index (χ2n) is 7.78. The largest absolute Gasteiger partial charge is 0.465 e. The number of para-hydroxylation sites is 2. The molecule has 0 amide bonds. The minimum absolute atomic E-state index is 0.256. The van der Waals surface area contributed by atoms with E-state index in [0.717, 1.165) is 11.4 Å². The zero-order valence-electron chi connectivity index (χ0n) is 21.2. The molecule has 0 saturated heterocycles. The third kappa shape index (κ3) is 6.40. The molecule has 11 heteroatoms. The summed E-state index contributed by atoms with van der Waals surface area (Å²) in [4.78, 5) is 35.0. The van der Waals surface area contributed by atoms with E-state index < -0.39 is 11.9 Å². The number of H-pyrrole nitrogens is 1. The number of anilines is 4. The van der Waals surface area contributed by atoms with Gasteiger partial charge in [-0.25, -0.2) is 14.3 Å². The van der Waals surface area contributed by atoms with Crippen LogP contribution >= 0.6 is 0 Å². The maximum Gasteiger partial charge on any atom is 0.343 e. The van der Waals surface area contributed by atoms with Crippen LogP contribution < -0.4 is 10.6 Å². The Morgan fingerprint density at radius 1 is 0.784 bits per heavy atom. The van der Waals surface area contributed by atoms with Gasteiger partial charge in [0.1, 0.15) is 11.1 Å². The van der Waals surface area contributed by atoms with E-state index in [-0.39, 0.29) is 11.5 Å². The molecule has 0 unspecified atom stereocenters. The number of nitrogens with zero attached hydrogens (tertiary/aromatic N) is 3. The van der Waals surface area contributed by atoms with Gasteiger partial charge in [0.2, 0.25) is 5.91 Å². The van der Waals surface area contributed by atoms with Crippen molar-refractivity contribution < 1.29 is 23.9 Å². The number of aromatic nitrogens is 4. The Morgan fingerprint density at radius 2 is 1.27 bits per heavy atom. The predicted molar refractivity (Wildman–Crippen MR) is 139 cm³/mol. The van der Waals surface area contributed by atoms with Gasteiger partial charge < -0.3 is 20.1 Å². The van der Waals surface area contributed by atoms with Crippen molar-refractivity contribution in [2.45, 2.75) is 20.8 Å². The molecule has 0 radical (unpaired) electrons. The monoisotopic (exact) mass is 504 g/mol. The average molecular weight is 505 g/mol. The fraction of sp³-hybridized carbons (Fsp3) is 0.192. The van der Waals surface area contributed by atoms with Crippen molar-refractivity contribution >= 4 is 40.9 Å². The van der Waals surface area contributed by atoms with Crippen LogP contribution in [0.1, 0.15) is 43.8 Å². The van der Waals surface area contributed by atoms with E-state index in [4.69, 9.17) is 9.47 Å². The molecular weight excluding hydrogens is 476 g/mol. The first-order valence-electron chi connectivity index (χ1n) is 11.2. The Morgan fingerprint density at radius 3 is 1.76 bits per heavy atom. The van der Waals surface area contributed by atoms with Gasteiger partial charge >= 0.3 is 11.9 Å². The Hall–Kier alpha value is -4.93. The molecular formula is C26H28N6O5. The molecule has 11 nitrogen and oxygen atoms in total. The maximum atomic E-state index is 11.9. The van der Waals surface area contributed by atoms with Crippen molar-refractivity contribution in [1.82, 2.24) is 20.0 Å². The fourth-order valence-corrected chi connectivity index (χ4v) is 3.43. The quantitative estimate of drug-likeness (QED) is 0.321. The summed E-state index contributed by atoms with van der Waals surface area (Å²) in [6.07, 6.45) is 0. The molecule has 3 N–H and O–H groups in total. The molecule has 2 aromatic carbocycles. The van der Waals surface area contributed by atoms with Crippen LogP contribution in [-0.2, 0) is 9.47 Å². The van der Waals surface area contributed by atoms with Crippen LogP contribution in [0.4, 0.5) is 23.0 Å². The second kappa shape index (κ2) is 12.2. The predicted octanol–water partition coefficient (Wildman–Crippen LogP) is 4.63. The summed E-state index contributed by atoms with van der Waals surface area (Å²) in [6, 6.07) is 18.8. The van der Waals surface area contributed by atoms with Crippen LogP contribution in [0.15, 0.2) is 60.7 Å². The molecule has 0 aliphatic rings. The molecule has 0 saturated carbocycles. The Balaban J connectivity index is 0.000000208. The second-order valence-corrected chi connectivity index (χ2v) is 7.78. The molecule has 4 aromatic rings. The molecule has 0 spiro atoms. The first kappa shape index (κ1) is 26.7. The average Bonchev–Trinajstić information content (AvgIpc) is 3.43. The number of ether oxygens (including phenoxy) is 2. The first-order valence-corrected chi connectivity index (χ1v) is 11.2. The highest BCUT2D eigenvalue weighted by Crippen LogP contribution is 2.24. The lowest BCUT2D eigenvalue weighted by Gasteiger charge is -2.05. The Bertz CT molecular complexity index is 1380. The lowest BCUT2D eigenvalue weighted by molar-refractivity contribution is 0.0591. The topological polar surface area (TPSA) is 140 Å². The molecule has 0 atom stereocenters. The van der Waals surface area contributed by atoms with E-state index in [2.05, 4.69) is 25.9 Å². The molecule has 2 aromatic heterocycles. The summed E-state index contributed by atoms with van der Waals surface area (Å²) in [5.74, 6) is -0.437. The van der Waals surface area contributed by atoms with E-state index in [1.807, 2.05) is 60.7 Å². The molecule has 2 heterocycles. The van der Waals surface area contributed by atoms with Gasteiger partial charge in [0.25, 0.3) is 0 Å². The smallest absolute Gasteiger partial charge is 0.343 e. The Kier molecular flexibility index (Phi) is 8.76. The van der Waals surface area contributed by atoms with Gasteiger partial charge in [0.15, 0.2) is 11.6 Å². The van der Waals surface area contributed by atoms with Crippen LogP contribution in [0.2, 0.25) is 0 Å². The van der Waals surface area contributed by atoms with E-state index in [9.17, 15) is 14.4 Å². The highest BCUT2D eigenvalue weighted by atomic mass is 16.5. The van der Waals surface area contributed by atoms with E-state index in [1.165, 1.54) is 25.8 Å².